The second-order valence-electron chi connectivity index (χ2n) is 4.86. The fourth-order valence-corrected chi connectivity index (χ4v) is 2.94. The highest BCUT2D eigenvalue weighted by Crippen LogP contribution is 2.26. The molecule has 0 saturated heterocycles. The first-order valence-electron chi connectivity index (χ1n) is 6.41. The maximum absolute atomic E-state index is 12.3. The fourth-order valence-electron chi connectivity index (χ4n) is 1.69. The van der Waals surface area contributed by atoms with Gasteiger partial charge in [0.1, 0.15) is 11.5 Å². The Hall–Kier alpha value is -2.38. The molecule has 22 heavy (non-hydrogen) atoms. The number of carbonyl (C=O) groups is 1. The third-order valence-electron chi connectivity index (χ3n) is 3.16. The Kier molecular flexibility index (Phi) is 4.20. The van der Waals surface area contributed by atoms with Crippen LogP contribution in [0.25, 0.3) is 0 Å². The van der Waals surface area contributed by atoms with Gasteiger partial charge in [-0.3, -0.25) is 4.79 Å². The van der Waals surface area contributed by atoms with E-state index >= 15 is 0 Å². The lowest BCUT2D eigenvalue weighted by atomic mass is 10.3. The SMILES string of the molecule is C[C@](N)(C(N)=O)S(=O)(=O)c1ccc(Oc2ccccc2)cc1. The molecule has 2 aromatic rings. The smallest absolute Gasteiger partial charge is 0.253 e. The van der Waals surface area contributed by atoms with Crippen LogP contribution in [0.5, 0.6) is 11.5 Å². The Morgan fingerprint density at radius 2 is 1.50 bits per heavy atom. The maximum Gasteiger partial charge on any atom is 0.253 e. The van der Waals surface area contributed by atoms with Crippen LogP contribution in [0.3, 0.4) is 0 Å². The predicted octanol–water partition coefficient (Wildman–Crippen LogP) is 1.41. The molecule has 0 radical (unpaired) electrons. The van der Waals surface area contributed by atoms with E-state index in [1.54, 1.807) is 12.1 Å². The van der Waals surface area contributed by atoms with E-state index in [9.17, 15) is 13.2 Å². The summed E-state index contributed by atoms with van der Waals surface area (Å²) in [5, 5.41) is 0. The van der Waals surface area contributed by atoms with Crippen molar-refractivity contribution in [3.63, 3.8) is 0 Å². The van der Waals surface area contributed by atoms with Crippen molar-refractivity contribution >= 4 is 15.7 Å². The zero-order valence-electron chi connectivity index (χ0n) is 11.9. The van der Waals surface area contributed by atoms with Crippen LogP contribution in [0.2, 0.25) is 0 Å². The van der Waals surface area contributed by atoms with Gasteiger partial charge in [0.05, 0.1) is 4.90 Å². The molecule has 0 fully saturated rings. The molecule has 0 saturated carbocycles. The van der Waals surface area contributed by atoms with Gasteiger partial charge in [-0.25, -0.2) is 8.42 Å². The average molecular weight is 320 g/mol. The van der Waals surface area contributed by atoms with E-state index in [2.05, 4.69) is 0 Å². The molecule has 0 unspecified atom stereocenters. The summed E-state index contributed by atoms with van der Waals surface area (Å²) in [5.41, 5.74) is 10.6. The third kappa shape index (κ3) is 2.95. The van der Waals surface area contributed by atoms with E-state index in [0.717, 1.165) is 6.92 Å². The molecule has 7 heteroatoms. The average Bonchev–Trinajstić information content (AvgIpc) is 2.48. The minimum atomic E-state index is -4.08. The van der Waals surface area contributed by atoms with Gasteiger partial charge in [0.25, 0.3) is 5.91 Å². The fraction of sp³-hybridized carbons (Fsp3) is 0.133. The van der Waals surface area contributed by atoms with Crippen LogP contribution >= 0.6 is 0 Å². The van der Waals surface area contributed by atoms with Crippen LogP contribution in [0.1, 0.15) is 6.92 Å². The number of sulfone groups is 1. The van der Waals surface area contributed by atoms with Gasteiger partial charge in [-0.05, 0) is 43.3 Å². The molecule has 1 amide bonds. The van der Waals surface area contributed by atoms with Crippen molar-refractivity contribution in [1.29, 1.82) is 0 Å². The van der Waals surface area contributed by atoms with Gasteiger partial charge in [0.15, 0.2) is 4.87 Å². The summed E-state index contributed by atoms with van der Waals surface area (Å²) in [6.45, 7) is 1.07. The zero-order valence-corrected chi connectivity index (χ0v) is 12.7. The Bertz CT molecular complexity index is 769. The molecular weight excluding hydrogens is 304 g/mol. The van der Waals surface area contributed by atoms with E-state index in [4.69, 9.17) is 16.2 Å². The summed E-state index contributed by atoms with van der Waals surface area (Å²) >= 11 is 0. The molecule has 2 rings (SSSR count). The number of hydrogen-bond acceptors (Lipinski definition) is 5. The van der Waals surface area contributed by atoms with Crippen molar-refractivity contribution in [1.82, 2.24) is 0 Å². The normalized spacial score (nSPS) is 14.1. The van der Waals surface area contributed by atoms with Crippen molar-refractivity contribution in [2.45, 2.75) is 16.7 Å². The van der Waals surface area contributed by atoms with Crippen molar-refractivity contribution < 1.29 is 17.9 Å². The Labute approximate surface area is 128 Å². The lowest BCUT2D eigenvalue weighted by Gasteiger charge is -2.20. The molecule has 0 heterocycles. The van der Waals surface area contributed by atoms with E-state index < -0.39 is 20.6 Å². The van der Waals surface area contributed by atoms with E-state index in [1.165, 1.54) is 24.3 Å². The number of carbonyl (C=O) groups excluding carboxylic acids is 1. The summed E-state index contributed by atoms with van der Waals surface area (Å²) in [5.74, 6) is -0.0287. The van der Waals surface area contributed by atoms with Crippen LogP contribution < -0.4 is 16.2 Å². The minimum absolute atomic E-state index is 0.100. The highest BCUT2D eigenvalue weighted by Gasteiger charge is 2.42. The van der Waals surface area contributed by atoms with E-state index in [-0.39, 0.29) is 4.90 Å². The molecule has 0 spiro atoms. The Morgan fingerprint density at radius 1 is 1.00 bits per heavy atom. The molecule has 0 aliphatic rings. The van der Waals surface area contributed by atoms with Crippen LogP contribution in [-0.4, -0.2) is 19.2 Å². The van der Waals surface area contributed by atoms with Crippen molar-refractivity contribution in [3.8, 4) is 11.5 Å². The van der Waals surface area contributed by atoms with Gasteiger partial charge in [0.2, 0.25) is 9.84 Å². The maximum atomic E-state index is 12.3. The van der Waals surface area contributed by atoms with Crippen molar-refractivity contribution in [2.24, 2.45) is 11.5 Å². The summed E-state index contributed by atoms with van der Waals surface area (Å²) in [4.78, 5) is 8.97. The molecule has 0 aliphatic heterocycles. The van der Waals surface area contributed by atoms with Crippen LogP contribution in [-0.2, 0) is 14.6 Å². The van der Waals surface area contributed by atoms with Gasteiger partial charge >= 0.3 is 0 Å². The Morgan fingerprint density at radius 3 is 2.00 bits per heavy atom. The number of benzene rings is 2. The molecule has 2 aromatic carbocycles. The molecule has 1 atom stereocenters. The second-order valence-corrected chi connectivity index (χ2v) is 7.19. The summed E-state index contributed by atoms with van der Waals surface area (Å²) in [7, 11) is -4.08. The van der Waals surface area contributed by atoms with Gasteiger partial charge in [0, 0.05) is 0 Å². The first-order valence-corrected chi connectivity index (χ1v) is 7.90. The second kappa shape index (κ2) is 5.78. The highest BCUT2D eigenvalue weighted by atomic mass is 32.2. The topological polar surface area (TPSA) is 112 Å². The lowest BCUT2D eigenvalue weighted by molar-refractivity contribution is -0.120. The largest absolute Gasteiger partial charge is 0.457 e. The van der Waals surface area contributed by atoms with Crippen molar-refractivity contribution in [3.05, 3.63) is 54.6 Å². The van der Waals surface area contributed by atoms with Crippen molar-refractivity contribution in [2.75, 3.05) is 0 Å². The molecule has 0 bridgehead atoms. The van der Waals surface area contributed by atoms with Gasteiger partial charge in [-0.15, -0.1) is 0 Å². The molecule has 0 aliphatic carbocycles. The molecule has 6 nitrogen and oxygen atoms in total. The molecule has 4 N–H and O–H groups in total. The zero-order chi connectivity index (χ0) is 16.4. The minimum Gasteiger partial charge on any atom is -0.457 e. The first kappa shape index (κ1) is 16.0. The van der Waals surface area contributed by atoms with Crippen LogP contribution in [0.15, 0.2) is 59.5 Å². The number of ether oxygens (including phenoxy) is 1. The summed E-state index contributed by atoms with van der Waals surface area (Å²) < 4.78 is 30.2. The predicted molar refractivity (Wildman–Crippen MR) is 81.9 cm³/mol. The van der Waals surface area contributed by atoms with Gasteiger partial charge in [-0.1, -0.05) is 18.2 Å². The van der Waals surface area contributed by atoms with E-state index in [0.29, 0.717) is 11.5 Å². The quantitative estimate of drug-likeness (QED) is 0.865. The molecular formula is C15H16N2O4S. The monoisotopic (exact) mass is 320 g/mol. The van der Waals surface area contributed by atoms with Gasteiger partial charge < -0.3 is 16.2 Å². The number of para-hydroxylation sites is 1. The van der Waals surface area contributed by atoms with E-state index in [1.807, 2.05) is 18.2 Å². The number of hydrogen-bond donors (Lipinski definition) is 2. The first-order chi connectivity index (χ1) is 10.2. The number of rotatable bonds is 5. The Balaban J connectivity index is 2.28. The number of primary amides is 1. The van der Waals surface area contributed by atoms with Crippen LogP contribution in [0, 0.1) is 0 Å². The summed E-state index contributed by atoms with van der Waals surface area (Å²) in [6, 6.07) is 14.6. The summed E-state index contributed by atoms with van der Waals surface area (Å²) in [6.07, 6.45) is 0. The number of nitrogens with two attached hydrogens (primary N) is 2. The van der Waals surface area contributed by atoms with Gasteiger partial charge in [-0.2, -0.15) is 0 Å². The molecule has 0 aromatic heterocycles. The van der Waals surface area contributed by atoms with Crippen LogP contribution in [0.4, 0.5) is 0 Å². The standard InChI is InChI=1S/C15H16N2O4S/c1-15(17,14(16)18)22(19,20)13-9-7-12(8-10-13)21-11-5-3-2-4-6-11/h2-10H,17H2,1H3,(H2,16,18)/t15-/m1/s1. The third-order valence-corrected chi connectivity index (χ3v) is 5.37. The molecule has 116 valence electrons. The number of amides is 1. The highest BCUT2D eigenvalue weighted by molar-refractivity contribution is 7.93. The lowest BCUT2D eigenvalue weighted by Crippen LogP contribution is -2.55.